The zero-order chi connectivity index (χ0) is 22.4. The third-order valence-electron chi connectivity index (χ3n) is 6.01. The number of Topliss-reactive ketones (excluding diaryl/α,β-unsaturated/α-hetero) is 1. The van der Waals surface area contributed by atoms with Crippen LogP contribution in [0.5, 0.6) is 0 Å². The molecule has 1 N–H and O–H groups in total. The van der Waals surface area contributed by atoms with E-state index < -0.39 is 11.9 Å². The van der Waals surface area contributed by atoms with E-state index in [1.54, 1.807) is 18.2 Å². The molecule has 3 aromatic rings. The highest BCUT2D eigenvalue weighted by molar-refractivity contribution is 6.07. The summed E-state index contributed by atoms with van der Waals surface area (Å²) in [5, 5.41) is 3.30. The summed E-state index contributed by atoms with van der Waals surface area (Å²) in [6, 6.07) is 11.6. The molecule has 6 nitrogen and oxygen atoms in total. The maximum Gasteiger partial charge on any atom is 0.229 e. The number of fused-ring (bicyclic) bond motifs is 1. The molecule has 4 heterocycles. The highest BCUT2D eigenvalue weighted by Gasteiger charge is 2.41. The number of hydrogen-bond acceptors (Lipinski definition) is 6. The van der Waals surface area contributed by atoms with Crippen LogP contribution in [0, 0.1) is 32.5 Å². The number of pyridine rings is 1. The van der Waals surface area contributed by atoms with Gasteiger partial charge >= 0.3 is 0 Å². The molecule has 5 rings (SSSR count). The largest absolute Gasteiger partial charge is 0.316 e. The lowest BCUT2D eigenvalue weighted by molar-refractivity contribution is 0.0963. The number of carbonyl (C=O) groups is 1. The van der Waals surface area contributed by atoms with Crippen LogP contribution < -0.4 is 10.2 Å². The Hall–Kier alpha value is -3.45. The Morgan fingerprint density at radius 3 is 2.53 bits per heavy atom. The van der Waals surface area contributed by atoms with Gasteiger partial charge in [0.2, 0.25) is 5.95 Å². The summed E-state index contributed by atoms with van der Waals surface area (Å²) < 4.78 is 15.0. The number of aromatic nitrogens is 3. The molecule has 2 aromatic heterocycles. The van der Waals surface area contributed by atoms with E-state index in [0.717, 1.165) is 22.7 Å². The molecule has 0 amide bonds. The van der Waals surface area contributed by atoms with E-state index in [9.17, 15) is 9.18 Å². The minimum Gasteiger partial charge on any atom is -0.316 e. The first-order valence-electron chi connectivity index (χ1n) is 10.7. The number of halogens is 1. The van der Waals surface area contributed by atoms with Gasteiger partial charge in [-0.15, -0.1) is 0 Å². The summed E-state index contributed by atoms with van der Waals surface area (Å²) in [5.74, 6) is -0.0284. The maximum atomic E-state index is 15.0. The van der Waals surface area contributed by atoms with Crippen LogP contribution in [0.2, 0.25) is 0 Å². The normalized spacial score (nSPS) is 19.8. The SMILES string of the molecule is Cc1cccc(-c2cccc(F)c2C(=O)C2NCC3CN(c4nc(C)cc(C)n4)C=C32)n1. The molecule has 0 aliphatic carbocycles. The number of carbonyl (C=O) groups excluding carboxylic acids is 1. The smallest absolute Gasteiger partial charge is 0.229 e. The highest BCUT2D eigenvalue weighted by Crippen LogP contribution is 2.35. The Morgan fingerprint density at radius 2 is 1.78 bits per heavy atom. The van der Waals surface area contributed by atoms with Gasteiger partial charge < -0.3 is 10.2 Å². The third kappa shape index (κ3) is 3.58. The summed E-state index contributed by atoms with van der Waals surface area (Å²) in [5.41, 5.74) is 4.73. The number of rotatable bonds is 4. The molecule has 162 valence electrons. The van der Waals surface area contributed by atoms with E-state index in [4.69, 9.17) is 0 Å². The lowest BCUT2D eigenvalue weighted by Gasteiger charge is -2.17. The van der Waals surface area contributed by atoms with Crippen molar-refractivity contribution in [3.63, 3.8) is 0 Å². The molecule has 2 atom stereocenters. The van der Waals surface area contributed by atoms with Crippen LogP contribution in [0.15, 0.2) is 54.2 Å². The first-order chi connectivity index (χ1) is 15.4. The van der Waals surface area contributed by atoms with Crippen molar-refractivity contribution in [2.75, 3.05) is 18.0 Å². The van der Waals surface area contributed by atoms with Gasteiger partial charge in [0.25, 0.3) is 0 Å². The van der Waals surface area contributed by atoms with Crippen LogP contribution in [0.1, 0.15) is 27.4 Å². The minimum absolute atomic E-state index is 0.0748. The Balaban J connectivity index is 1.51. The molecular weight excluding hydrogens is 405 g/mol. The lowest BCUT2D eigenvalue weighted by Crippen LogP contribution is -2.34. The van der Waals surface area contributed by atoms with Gasteiger partial charge in [-0.2, -0.15) is 0 Å². The van der Waals surface area contributed by atoms with E-state index >= 15 is 0 Å². The summed E-state index contributed by atoms with van der Waals surface area (Å²) in [6.45, 7) is 7.10. The third-order valence-corrected chi connectivity index (χ3v) is 6.01. The molecule has 1 saturated heterocycles. The fourth-order valence-electron chi connectivity index (χ4n) is 4.60. The van der Waals surface area contributed by atoms with Crippen molar-refractivity contribution in [2.45, 2.75) is 26.8 Å². The predicted octanol–water partition coefficient (Wildman–Crippen LogP) is 3.78. The van der Waals surface area contributed by atoms with Gasteiger partial charge in [0, 0.05) is 47.9 Å². The Bertz CT molecular complexity index is 1230. The molecular formula is C25H24FN5O. The molecule has 7 heteroatoms. The quantitative estimate of drug-likeness (QED) is 0.637. The molecule has 2 unspecified atom stereocenters. The van der Waals surface area contributed by atoms with E-state index in [-0.39, 0.29) is 17.3 Å². The number of anilines is 1. The van der Waals surface area contributed by atoms with Crippen molar-refractivity contribution >= 4 is 11.7 Å². The van der Waals surface area contributed by atoms with Crippen molar-refractivity contribution < 1.29 is 9.18 Å². The van der Waals surface area contributed by atoms with Crippen LogP contribution in [0.25, 0.3) is 11.3 Å². The van der Waals surface area contributed by atoms with Crippen LogP contribution in [-0.4, -0.2) is 39.9 Å². The number of nitrogens with zero attached hydrogens (tertiary/aromatic N) is 4. The first-order valence-corrected chi connectivity index (χ1v) is 10.7. The topological polar surface area (TPSA) is 71.0 Å². The van der Waals surface area contributed by atoms with Crippen LogP contribution in [0.3, 0.4) is 0 Å². The number of aryl methyl sites for hydroxylation is 3. The van der Waals surface area contributed by atoms with Gasteiger partial charge in [0.15, 0.2) is 5.78 Å². The van der Waals surface area contributed by atoms with Gasteiger partial charge in [-0.1, -0.05) is 18.2 Å². The zero-order valence-electron chi connectivity index (χ0n) is 18.3. The van der Waals surface area contributed by atoms with Crippen LogP contribution in [-0.2, 0) is 0 Å². The molecule has 32 heavy (non-hydrogen) atoms. The number of hydrogen-bond donors (Lipinski definition) is 1. The van der Waals surface area contributed by atoms with Gasteiger partial charge in [-0.05, 0) is 50.6 Å². The molecule has 1 fully saturated rings. The number of benzene rings is 1. The van der Waals surface area contributed by atoms with E-state index in [1.165, 1.54) is 6.07 Å². The first kappa shape index (κ1) is 20.5. The molecule has 2 aliphatic rings. The predicted molar refractivity (Wildman–Crippen MR) is 121 cm³/mol. The van der Waals surface area contributed by atoms with Gasteiger partial charge in [0.1, 0.15) is 5.82 Å². The average Bonchev–Trinajstić information content (AvgIpc) is 3.33. The molecule has 1 aromatic carbocycles. The zero-order valence-corrected chi connectivity index (χ0v) is 18.3. The van der Waals surface area contributed by atoms with Crippen molar-refractivity contribution in [3.05, 3.63) is 82.7 Å². The Morgan fingerprint density at radius 1 is 1.03 bits per heavy atom. The average molecular weight is 429 g/mol. The minimum atomic E-state index is -0.587. The van der Waals surface area contributed by atoms with Crippen LogP contribution in [0.4, 0.5) is 10.3 Å². The standard InChI is InChI=1S/C25H24FN5O/c1-14-6-4-9-21(28-14)18-7-5-8-20(26)22(18)24(32)23-19-13-31(12-17(19)11-27-23)25-29-15(2)10-16(3)30-25/h4-10,13,17,23,27H,11-12H2,1-3H3. The van der Waals surface area contributed by atoms with Crippen LogP contribution >= 0.6 is 0 Å². The van der Waals surface area contributed by atoms with Gasteiger partial charge in [-0.3, -0.25) is 9.78 Å². The second-order valence-corrected chi connectivity index (χ2v) is 8.46. The number of nitrogens with one attached hydrogen (secondary N) is 1. The van der Waals surface area contributed by atoms with Crippen molar-refractivity contribution in [1.82, 2.24) is 20.3 Å². The molecule has 0 saturated carbocycles. The number of ketones is 1. The van der Waals surface area contributed by atoms with Crippen molar-refractivity contribution in [1.29, 1.82) is 0 Å². The van der Waals surface area contributed by atoms with E-state index in [2.05, 4.69) is 20.3 Å². The molecule has 0 spiro atoms. The summed E-state index contributed by atoms with van der Waals surface area (Å²) >= 11 is 0. The fraction of sp³-hybridized carbons (Fsp3) is 0.280. The molecule has 0 bridgehead atoms. The highest BCUT2D eigenvalue weighted by atomic mass is 19.1. The monoisotopic (exact) mass is 429 g/mol. The van der Waals surface area contributed by atoms with E-state index in [0.29, 0.717) is 30.3 Å². The summed E-state index contributed by atoms with van der Waals surface area (Å²) in [7, 11) is 0. The Labute approximate surface area is 186 Å². The summed E-state index contributed by atoms with van der Waals surface area (Å²) in [6.07, 6.45) is 1.95. The van der Waals surface area contributed by atoms with Crippen molar-refractivity contribution in [3.8, 4) is 11.3 Å². The second kappa shape index (κ2) is 7.91. The van der Waals surface area contributed by atoms with Crippen molar-refractivity contribution in [2.24, 2.45) is 5.92 Å². The fourth-order valence-corrected chi connectivity index (χ4v) is 4.60. The second-order valence-electron chi connectivity index (χ2n) is 8.46. The maximum absolute atomic E-state index is 15.0. The van der Waals surface area contributed by atoms with Gasteiger partial charge in [-0.25, -0.2) is 14.4 Å². The van der Waals surface area contributed by atoms with E-state index in [1.807, 2.05) is 50.1 Å². The molecule has 2 aliphatic heterocycles. The molecule has 0 radical (unpaired) electrons. The summed E-state index contributed by atoms with van der Waals surface area (Å²) in [4.78, 5) is 29.2. The Kier molecular flexibility index (Phi) is 5.06. The lowest BCUT2D eigenvalue weighted by atomic mass is 9.91. The van der Waals surface area contributed by atoms with Gasteiger partial charge in [0.05, 0.1) is 17.3 Å².